The summed E-state index contributed by atoms with van der Waals surface area (Å²) in [5, 5.41) is 0. The SMILES string of the molecule is C=C=CCc1ccc(-c2cccc(-c3ccccc3)c2)cc1F. The van der Waals surface area contributed by atoms with Crippen LogP contribution in [-0.4, -0.2) is 0 Å². The fourth-order valence-corrected chi connectivity index (χ4v) is 2.58. The van der Waals surface area contributed by atoms with Gasteiger partial charge in [0.15, 0.2) is 0 Å². The Labute approximate surface area is 136 Å². The van der Waals surface area contributed by atoms with Crippen molar-refractivity contribution in [1.82, 2.24) is 0 Å². The van der Waals surface area contributed by atoms with Gasteiger partial charge < -0.3 is 0 Å². The van der Waals surface area contributed by atoms with Gasteiger partial charge in [-0.05, 0) is 46.0 Å². The molecule has 0 N–H and O–H groups in total. The first-order valence-corrected chi connectivity index (χ1v) is 7.56. The minimum absolute atomic E-state index is 0.195. The molecular formula is C22H17F. The summed E-state index contributed by atoms with van der Waals surface area (Å²) in [5.74, 6) is -0.195. The Morgan fingerprint density at radius 2 is 1.43 bits per heavy atom. The summed E-state index contributed by atoms with van der Waals surface area (Å²) in [5.41, 5.74) is 7.50. The van der Waals surface area contributed by atoms with E-state index in [0.29, 0.717) is 12.0 Å². The normalized spacial score (nSPS) is 10.1. The highest BCUT2D eigenvalue weighted by Gasteiger charge is 2.05. The lowest BCUT2D eigenvalue weighted by Crippen LogP contribution is -1.89. The summed E-state index contributed by atoms with van der Waals surface area (Å²) in [6.45, 7) is 3.51. The van der Waals surface area contributed by atoms with E-state index in [4.69, 9.17) is 0 Å². The Morgan fingerprint density at radius 3 is 2.13 bits per heavy atom. The van der Waals surface area contributed by atoms with Gasteiger partial charge >= 0.3 is 0 Å². The minimum Gasteiger partial charge on any atom is -0.207 e. The standard InChI is InChI=1S/C22H17F/c1-2-3-8-18-13-14-21(16-22(18)23)20-12-7-11-19(15-20)17-9-5-4-6-10-17/h3-7,9-16H,1,8H2. The highest BCUT2D eigenvalue weighted by molar-refractivity contribution is 5.73. The Bertz CT molecular complexity index is 856. The first-order valence-electron chi connectivity index (χ1n) is 7.56. The zero-order valence-electron chi connectivity index (χ0n) is 12.8. The Kier molecular flexibility index (Phi) is 4.52. The summed E-state index contributed by atoms with van der Waals surface area (Å²) < 4.78 is 14.2. The van der Waals surface area contributed by atoms with Gasteiger partial charge in [-0.2, -0.15) is 0 Å². The second-order valence-electron chi connectivity index (χ2n) is 5.37. The van der Waals surface area contributed by atoms with Gasteiger partial charge in [0, 0.05) is 6.42 Å². The molecule has 23 heavy (non-hydrogen) atoms. The number of rotatable bonds is 4. The molecule has 0 spiro atoms. The van der Waals surface area contributed by atoms with E-state index in [1.54, 1.807) is 12.1 Å². The molecule has 0 unspecified atom stereocenters. The van der Waals surface area contributed by atoms with Crippen molar-refractivity contribution in [2.45, 2.75) is 6.42 Å². The molecular weight excluding hydrogens is 283 g/mol. The third kappa shape index (κ3) is 3.48. The van der Waals surface area contributed by atoms with Crippen LogP contribution in [0.2, 0.25) is 0 Å². The minimum atomic E-state index is -0.195. The molecule has 0 bridgehead atoms. The van der Waals surface area contributed by atoms with Gasteiger partial charge in [-0.3, -0.25) is 0 Å². The Hall–Kier alpha value is -2.89. The Morgan fingerprint density at radius 1 is 0.783 bits per heavy atom. The fraction of sp³-hybridized carbons (Fsp3) is 0.0455. The van der Waals surface area contributed by atoms with Crippen molar-refractivity contribution in [2.24, 2.45) is 0 Å². The van der Waals surface area contributed by atoms with Crippen molar-refractivity contribution >= 4 is 0 Å². The molecule has 1 heteroatoms. The molecule has 0 radical (unpaired) electrons. The van der Waals surface area contributed by atoms with Crippen molar-refractivity contribution < 1.29 is 4.39 Å². The van der Waals surface area contributed by atoms with Crippen LogP contribution in [-0.2, 0) is 6.42 Å². The molecule has 3 rings (SSSR count). The summed E-state index contributed by atoms with van der Waals surface area (Å²) in [7, 11) is 0. The number of benzene rings is 3. The maximum absolute atomic E-state index is 14.2. The predicted molar refractivity (Wildman–Crippen MR) is 94.7 cm³/mol. The van der Waals surface area contributed by atoms with Gasteiger partial charge in [0.25, 0.3) is 0 Å². The lowest BCUT2D eigenvalue weighted by Gasteiger charge is -2.08. The molecule has 0 aromatic heterocycles. The average Bonchev–Trinajstić information content (AvgIpc) is 2.61. The van der Waals surface area contributed by atoms with Crippen LogP contribution in [0.4, 0.5) is 4.39 Å². The molecule has 0 atom stereocenters. The zero-order valence-corrected chi connectivity index (χ0v) is 12.8. The zero-order chi connectivity index (χ0) is 16.1. The van der Waals surface area contributed by atoms with Crippen LogP contribution in [0.5, 0.6) is 0 Å². The van der Waals surface area contributed by atoms with Gasteiger partial charge in [-0.1, -0.05) is 67.2 Å². The lowest BCUT2D eigenvalue weighted by atomic mass is 9.98. The Balaban J connectivity index is 1.96. The molecule has 0 aliphatic heterocycles. The summed E-state index contributed by atoms with van der Waals surface area (Å²) in [6.07, 6.45) is 2.24. The molecule has 0 saturated heterocycles. The molecule has 0 aliphatic carbocycles. The first kappa shape index (κ1) is 15.0. The second-order valence-corrected chi connectivity index (χ2v) is 5.37. The quantitative estimate of drug-likeness (QED) is 0.515. The van der Waals surface area contributed by atoms with Crippen LogP contribution in [0.1, 0.15) is 5.56 Å². The molecule has 3 aromatic carbocycles. The summed E-state index contributed by atoms with van der Waals surface area (Å²) >= 11 is 0. The average molecular weight is 300 g/mol. The van der Waals surface area contributed by atoms with E-state index in [9.17, 15) is 4.39 Å². The highest BCUT2D eigenvalue weighted by atomic mass is 19.1. The van der Waals surface area contributed by atoms with E-state index in [1.165, 1.54) is 0 Å². The van der Waals surface area contributed by atoms with Crippen molar-refractivity contribution in [3.63, 3.8) is 0 Å². The maximum atomic E-state index is 14.2. The van der Waals surface area contributed by atoms with Crippen LogP contribution in [0.25, 0.3) is 22.3 Å². The molecule has 0 fully saturated rings. The topological polar surface area (TPSA) is 0 Å². The number of halogens is 1. The maximum Gasteiger partial charge on any atom is 0.127 e. The van der Waals surface area contributed by atoms with E-state index in [-0.39, 0.29) is 5.82 Å². The fourth-order valence-electron chi connectivity index (χ4n) is 2.58. The highest BCUT2D eigenvalue weighted by Crippen LogP contribution is 2.27. The van der Waals surface area contributed by atoms with Crippen molar-refractivity contribution in [3.8, 4) is 22.3 Å². The smallest absolute Gasteiger partial charge is 0.127 e. The van der Waals surface area contributed by atoms with E-state index >= 15 is 0 Å². The van der Waals surface area contributed by atoms with E-state index in [1.807, 2.05) is 42.5 Å². The van der Waals surface area contributed by atoms with Crippen LogP contribution in [0.15, 0.2) is 91.2 Å². The number of hydrogen-bond donors (Lipinski definition) is 0. The van der Waals surface area contributed by atoms with Gasteiger partial charge in [0.05, 0.1) is 0 Å². The van der Waals surface area contributed by atoms with Crippen LogP contribution in [0, 0.1) is 5.82 Å². The molecule has 0 amide bonds. The van der Waals surface area contributed by atoms with Crippen molar-refractivity contribution in [1.29, 1.82) is 0 Å². The first-order chi connectivity index (χ1) is 11.3. The van der Waals surface area contributed by atoms with Crippen molar-refractivity contribution in [2.75, 3.05) is 0 Å². The third-order valence-electron chi connectivity index (χ3n) is 3.82. The summed E-state index contributed by atoms with van der Waals surface area (Å²) in [6, 6.07) is 23.7. The van der Waals surface area contributed by atoms with Crippen molar-refractivity contribution in [3.05, 3.63) is 103 Å². The molecule has 0 nitrogen and oxygen atoms in total. The lowest BCUT2D eigenvalue weighted by molar-refractivity contribution is 0.615. The van der Waals surface area contributed by atoms with Crippen LogP contribution >= 0.6 is 0 Å². The monoisotopic (exact) mass is 300 g/mol. The molecule has 0 saturated carbocycles. The number of hydrogen-bond acceptors (Lipinski definition) is 0. The number of allylic oxidation sites excluding steroid dienone is 1. The molecule has 3 aromatic rings. The molecule has 0 aliphatic rings. The third-order valence-corrected chi connectivity index (χ3v) is 3.82. The van der Waals surface area contributed by atoms with Gasteiger partial charge in [-0.25, -0.2) is 4.39 Å². The molecule has 0 heterocycles. The largest absolute Gasteiger partial charge is 0.207 e. The second kappa shape index (κ2) is 6.91. The predicted octanol–water partition coefficient (Wildman–Crippen LogP) is 6.04. The molecule has 112 valence electrons. The van der Waals surface area contributed by atoms with E-state index in [2.05, 4.69) is 36.6 Å². The van der Waals surface area contributed by atoms with Crippen LogP contribution in [0.3, 0.4) is 0 Å². The van der Waals surface area contributed by atoms with Gasteiger partial charge in [0.1, 0.15) is 5.82 Å². The van der Waals surface area contributed by atoms with Gasteiger partial charge in [-0.15, -0.1) is 5.73 Å². The van der Waals surface area contributed by atoms with Gasteiger partial charge in [0.2, 0.25) is 0 Å². The van der Waals surface area contributed by atoms with E-state index < -0.39 is 0 Å². The van der Waals surface area contributed by atoms with E-state index in [0.717, 1.165) is 22.3 Å². The summed E-state index contributed by atoms with van der Waals surface area (Å²) in [4.78, 5) is 0. The van der Waals surface area contributed by atoms with Crippen LogP contribution < -0.4 is 0 Å².